The van der Waals surface area contributed by atoms with Crippen molar-refractivity contribution < 1.29 is 4.79 Å². The van der Waals surface area contributed by atoms with E-state index >= 15 is 0 Å². The molecule has 0 saturated carbocycles. The summed E-state index contributed by atoms with van der Waals surface area (Å²) in [5, 5.41) is 0.184. The molecule has 1 aliphatic rings. The van der Waals surface area contributed by atoms with Gasteiger partial charge in [-0.3, -0.25) is 4.79 Å². The SMILES string of the molecule is CN1C(=O)C(C)(C)N(C)c2nc(Cl)ncc21. The summed E-state index contributed by atoms with van der Waals surface area (Å²) >= 11 is 5.77. The van der Waals surface area contributed by atoms with Gasteiger partial charge in [-0.05, 0) is 25.4 Å². The summed E-state index contributed by atoms with van der Waals surface area (Å²) in [5.41, 5.74) is 0.0515. The summed E-state index contributed by atoms with van der Waals surface area (Å²) in [6.45, 7) is 3.70. The first kappa shape index (κ1) is 11.1. The van der Waals surface area contributed by atoms with E-state index in [9.17, 15) is 4.79 Å². The third kappa shape index (κ3) is 1.35. The molecule has 0 aliphatic carbocycles. The third-order valence-corrected chi connectivity index (χ3v) is 3.25. The highest BCUT2D eigenvalue weighted by Gasteiger charge is 2.42. The van der Waals surface area contributed by atoms with Crippen molar-refractivity contribution >= 4 is 29.0 Å². The van der Waals surface area contributed by atoms with Gasteiger partial charge in [-0.25, -0.2) is 4.98 Å². The molecular formula is C10H13ClN4O. The van der Waals surface area contributed by atoms with Crippen LogP contribution in [-0.4, -0.2) is 35.5 Å². The Kier molecular flexibility index (Phi) is 2.31. The molecule has 86 valence electrons. The van der Waals surface area contributed by atoms with Crippen LogP contribution in [0.4, 0.5) is 11.5 Å². The Hall–Kier alpha value is -1.36. The highest BCUT2D eigenvalue weighted by atomic mass is 35.5. The van der Waals surface area contributed by atoms with E-state index in [1.165, 1.54) is 0 Å². The van der Waals surface area contributed by atoms with Crippen LogP contribution >= 0.6 is 11.6 Å². The maximum atomic E-state index is 12.1. The van der Waals surface area contributed by atoms with Gasteiger partial charge in [0, 0.05) is 14.1 Å². The van der Waals surface area contributed by atoms with Gasteiger partial charge in [0.25, 0.3) is 5.91 Å². The molecule has 0 unspecified atom stereocenters. The van der Waals surface area contributed by atoms with E-state index in [1.807, 2.05) is 25.8 Å². The number of hydrogen-bond acceptors (Lipinski definition) is 4. The van der Waals surface area contributed by atoms with Gasteiger partial charge in [0.2, 0.25) is 5.28 Å². The van der Waals surface area contributed by atoms with Gasteiger partial charge in [0.1, 0.15) is 11.2 Å². The Morgan fingerprint density at radius 1 is 1.38 bits per heavy atom. The molecule has 5 nitrogen and oxygen atoms in total. The molecule has 1 amide bonds. The van der Waals surface area contributed by atoms with Crippen LogP contribution in [0.3, 0.4) is 0 Å². The van der Waals surface area contributed by atoms with Gasteiger partial charge < -0.3 is 9.80 Å². The molecule has 1 aromatic rings. The zero-order valence-electron chi connectivity index (χ0n) is 9.65. The molecule has 0 aromatic carbocycles. The van der Waals surface area contributed by atoms with Crippen molar-refractivity contribution in [1.29, 1.82) is 0 Å². The topological polar surface area (TPSA) is 49.3 Å². The number of carbonyl (C=O) groups is 1. The summed E-state index contributed by atoms with van der Waals surface area (Å²) < 4.78 is 0. The number of carbonyl (C=O) groups excluding carboxylic acids is 1. The zero-order valence-corrected chi connectivity index (χ0v) is 10.4. The van der Waals surface area contributed by atoms with Crippen LogP contribution < -0.4 is 9.80 Å². The van der Waals surface area contributed by atoms with E-state index in [0.29, 0.717) is 11.5 Å². The van der Waals surface area contributed by atoms with Crippen molar-refractivity contribution in [3.63, 3.8) is 0 Å². The summed E-state index contributed by atoms with van der Waals surface area (Å²) in [7, 11) is 3.54. The average Bonchev–Trinajstić information content (AvgIpc) is 2.24. The Morgan fingerprint density at radius 2 is 2.00 bits per heavy atom. The predicted molar refractivity (Wildman–Crippen MR) is 62.9 cm³/mol. The van der Waals surface area contributed by atoms with E-state index in [-0.39, 0.29) is 11.2 Å². The molecule has 0 saturated heterocycles. The quantitative estimate of drug-likeness (QED) is 0.642. The Bertz CT molecular complexity index is 460. The monoisotopic (exact) mass is 240 g/mol. The molecule has 16 heavy (non-hydrogen) atoms. The molecule has 1 aromatic heterocycles. The minimum atomic E-state index is -0.626. The highest BCUT2D eigenvalue weighted by molar-refractivity contribution is 6.28. The predicted octanol–water partition coefficient (Wildman–Crippen LogP) is 1.32. The smallest absolute Gasteiger partial charge is 0.252 e. The molecule has 0 atom stereocenters. The van der Waals surface area contributed by atoms with Crippen molar-refractivity contribution in [3.05, 3.63) is 11.5 Å². The fourth-order valence-electron chi connectivity index (χ4n) is 1.76. The van der Waals surface area contributed by atoms with Gasteiger partial charge in [0.15, 0.2) is 5.82 Å². The number of fused-ring (bicyclic) bond motifs is 1. The van der Waals surface area contributed by atoms with E-state index in [0.717, 1.165) is 0 Å². The lowest BCUT2D eigenvalue weighted by molar-refractivity contribution is -0.122. The molecule has 0 radical (unpaired) electrons. The fourth-order valence-corrected chi connectivity index (χ4v) is 1.89. The molecular weight excluding hydrogens is 228 g/mol. The minimum absolute atomic E-state index is 0.00780. The van der Waals surface area contributed by atoms with Gasteiger partial charge in [0.05, 0.1) is 6.20 Å². The molecule has 2 heterocycles. The van der Waals surface area contributed by atoms with Crippen molar-refractivity contribution in [2.75, 3.05) is 23.9 Å². The summed E-state index contributed by atoms with van der Waals surface area (Å²) in [5.74, 6) is 0.681. The lowest BCUT2D eigenvalue weighted by atomic mass is 9.98. The van der Waals surface area contributed by atoms with Crippen LogP contribution in [0.15, 0.2) is 6.20 Å². The van der Waals surface area contributed by atoms with Gasteiger partial charge in [-0.15, -0.1) is 0 Å². The standard InChI is InChI=1S/C10H13ClN4O/c1-10(2)8(16)14(3)6-5-12-9(11)13-7(6)15(10)4/h5H,1-4H3. The zero-order chi connectivity index (χ0) is 12.1. The molecule has 1 aliphatic heterocycles. The fraction of sp³-hybridized carbons (Fsp3) is 0.500. The highest BCUT2D eigenvalue weighted by Crippen LogP contribution is 2.36. The Balaban J connectivity index is 2.65. The first-order chi connectivity index (χ1) is 7.35. The Labute approximate surface area is 99.0 Å². The molecule has 2 rings (SSSR count). The van der Waals surface area contributed by atoms with Crippen molar-refractivity contribution in [2.24, 2.45) is 0 Å². The lowest BCUT2D eigenvalue weighted by Crippen LogP contribution is -2.58. The molecule has 0 bridgehead atoms. The number of halogens is 1. The van der Waals surface area contributed by atoms with Crippen LogP contribution in [-0.2, 0) is 4.79 Å². The first-order valence-corrected chi connectivity index (χ1v) is 5.28. The van der Waals surface area contributed by atoms with E-state index in [1.54, 1.807) is 18.1 Å². The number of aromatic nitrogens is 2. The number of nitrogens with zero attached hydrogens (tertiary/aromatic N) is 4. The largest absolute Gasteiger partial charge is 0.344 e. The second-order valence-corrected chi connectivity index (χ2v) is 4.67. The normalized spacial score (nSPS) is 18.7. The van der Waals surface area contributed by atoms with Gasteiger partial charge in [-0.1, -0.05) is 0 Å². The van der Waals surface area contributed by atoms with Crippen molar-refractivity contribution in [3.8, 4) is 0 Å². The second-order valence-electron chi connectivity index (χ2n) is 4.33. The van der Waals surface area contributed by atoms with E-state index < -0.39 is 5.54 Å². The second kappa shape index (κ2) is 3.31. The minimum Gasteiger partial charge on any atom is -0.344 e. The lowest BCUT2D eigenvalue weighted by Gasteiger charge is -2.43. The molecule has 6 heteroatoms. The van der Waals surface area contributed by atoms with Crippen LogP contribution in [0.1, 0.15) is 13.8 Å². The van der Waals surface area contributed by atoms with E-state index in [4.69, 9.17) is 11.6 Å². The number of anilines is 2. The van der Waals surface area contributed by atoms with Gasteiger partial charge in [-0.2, -0.15) is 4.98 Å². The summed E-state index contributed by atoms with van der Waals surface area (Å²) in [6, 6.07) is 0. The van der Waals surface area contributed by atoms with Crippen LogP contribution in [0, 0.1) is 0 Å². The summed E-state index contributed by atoms with van der Waals surface area (Å²) in [4.78, 5) is 23.5. The van der Waals surface area contributed by atoms with Crippen LogP contribution in [0.2, 0.25) is 5.28 Å². The van der Waals surface area contributed by atoms with Crippen molar-refractivity contribution in [1.82, 2.24) is 9.97 Å². The number of rotatable bonds is 0. The summed E-state index contributed by atoms with van der Waals surface area (Å²) in [6.07, 6.45) is 1.56. The average molecular weight is 241 g/mol. The Morgan fingerprint density at radius 3 is 2.62 bits per heavy atom. The van der Waals surface area contributed by atoms with Crippen molar-refractivity contribution in [2.45, 2.75) is 19.4 Å². The maximum Gasteiger partial charge on any atom is 0.252 e. The third-order valence-electron chi connectivity index (χ3n) is 3.07. The van der Waals surface area contributed by atoms with E-state index in [2.05, 4.69) is 9.97 Å². The maximum absolute atomic E-state index is 12.1. The van der Waals surface area contributed by atoms with Crippen LogP contribution in [0.5, 0.6) is 0 Å². The molecule has 0 spiro atoms. The molecule has 0 fully saturated rings. The first-order valence-electron chi connectivity index (χ1n) is 4.90. The van der Waals surface area contributed by atoms with Gasteiger partial charge >= 0.3 is 0 Å². The molecule has 0 N–H and O–H groups in total. The number of likely N-dealkylation sites (N-methyl/N-ethyl adjacent to an activating group) is 2. The number of hydrogen-bond donors (Lipinski definition) is 0. The number of amides is 1. The van der Waals surface area contributed by atoms with Crippen LogP contribution in [0.25, 0.3) is 0 Å².